The first-order chi connectivity index (χ1) is 4.86. The zero-order valence-electron chi connectivity index (χ0n) is 5.00. The summed E-state index contributed by atoms with van der Waals surface area (Å²) in [4.78, 5) is 16.8. The standard InChI is InChI=1S/C6H4N2O2.Na.H/c9-6-8-5-4(10-6)2-1-3-7-5;;/h1-3H,(H,7,8,9);;. The molecule has 11 heavy (non-hydrogen) atoms. The molecule has 0 aliphatic heterocycles. The van der Waals surface area contributed by atoms with Crippen LogP contribution in [-0.4, -0.2) is 39.5 Å². The first-order valence-electron chi connectivity index (χ1n) is 2.80. The fourth-order valence-corrected chi connectivity index (χ4v) is 0.789. The van der Waals surface area contributed by atoms with Crippen molar-refractivity contribution in [2.75, 3.05) is 0 Å². The molecule has 0 aliphatic carbocycles. The third kappa shape index (κ3) is 1.53. The SMILES string of the molecule is O=c1[nH]c2ncccc2o1.[NaH]. The Morgan fingerprint density at radius 3 is 3.09 bits per heavy atom. The minimum atomic E-state index is -0.464. The Balaban J connectivity index is 0.000000605. The molecule has 0 fully saturated rings. The van der Waals surface area contributed by atoms with E-state index in [0.717, 1.165) is 0 Å². The van der Waals surface area contributed by atoms with Crippen molar-refractivity contribution >= 4 is 40.8 Å². The van der Waals surface area contributed by atoms with Crippen LogP contribution in [0.25, 0.3) is 11.2 Å². The monoisotopic (exact) mass is 160 g/mol. The van der Waals surface area contributed by atoms with E-state index >= 15 is 0 Å². The predicted molar refractivity (Wildman–Crippen MR) is 41.8 cm³/mol. The van der Waals surface area contributed by atoms with Gasteiger partial charge >= 0.3 is 35.3 Å². The minimum absolute atomic E-state index is 0. The van der Waals surface area contributed by atoms with Crippen molar-refractivity contribution in [2.24, 2.45) is 0 Å². The summed E-state index contributed by atoms with van der Waals surface area (Å²) >= 11 is 0. The summed E-state index contributed by atoms with van der Waals surface area (Å²) < 4.78 is 4.69. The van der Waals surface area contributed by atoms with Crippen molar-refractivity contribution in [1.29, 1.82) is 0 Å². The molecule has 5 heteroatoms. The van der Waals surface area contributed by atoms with E-state index < -0.39 is 5.76 Å². The molecule has 0 bridgehead atoms. The van der Waals surface area contributed by atoms with Gasteiger partial charge in [-0.05, 0) is 12.1 Å². The van der Waals surface area contributed by atoms with Crippen molar-refractivity contribution in [3.8, 4) is 0 Å². The Kier molecular flexibility index (Phi) is 2.49. The molecule has 2 heterocycles. The van der Waals surface area contributed by atoms with Gasteiger partial charge in [0.05, 0.1) is 0 Å². The van der Waals surface area contributed by atoms with Gasteiger partial charge in [0.1, 0.15) is 0 Å². The van der Waals surface area contributed by atoms with E-state index in [1.54, 1.807) is 18.3 Å². The van der Waals surface area contributed by atoms with E-state index in [2.05, 4.69) is 9.97 Å². The topological polar surface area (TPSA) is 58.9 Å². The molecule has 0 saturated heterocycles. The second-order valence-corrected chi connectivity index (χ2v) is 1.86. The molecule has 2 aromatic heterocycles. The van der Waals surface area contributed by atoms with E-state index in [4.69, 9.17) is 4.42 Å². The molecule has 2 rings (SSSR count). The Morgan fingerprint density at radius 2 is 2.36 bits per heavy atom. The summed E-state index contributed by atoms with van der Waals surface area (Å²) in [5, 5.41) is 0. The summed E-state index contributed by atoms with van der Waals surface area (Å²) in [7, 11) is 0. The maximum absolute atomic E-state index is 10.5. The van der Waals surface area contributed by atoms with Gasteiger partial charge in [-0.15, -0.1) is 0 Å². The molecule has 0 aromatic carbocycles. The third-order valence-corrected chi connectivity index (χ3v) is 1.19. The molecule has 0 amide bonds. The van der Waals surface area contributed by atoms with Gasteiger partial charge in [-0.25, -0.2) is 9.78 Å². The number of oxazole rings is 1. The Bertz CT molecular complexity index is 370. The molecule has 0 aliphatic rings. The van der Waals surface area contributed by atoms with Crippen molar-refractivity contribution < 1.29 is 4.42 Å². The van der Waals surface area contributed by atoms with Crippen LogP contribution in [0.15, 0.2) is 27.5 Å². The molecule has 4 nitrogen and oxygen atoms in total. The zero-order chi connectivity index (χ0) is 6.97. The molecule has 0 radical (unpaired) electrons. The number of fused-ring (bicyclic) bond motifs is 1. The number of aromatic amines is 1. The van der Waals surface area contributed by atoms with Crippen LogP contribution in [0, 0.1) is 0 Å². The van der Waals surface area contributed by atoms with Crippen LogP contribution < -0.4 is 5.76 Å². The summed E-state index contributed by atoms with van der Waals surface area (Å²) in [6.45, 7) is 0. The zero-order valence-corrected chi connectivity index (χ0v) is 5.00. The van der Waals surface area contributed by atoms with Crippen LogP contribution in [0.3, 0.4) is 0 Å². The van der Waals surface area contributed by atoms with Crippen LogP contribution in [-0.2, 0) is 0 Å². The Morgan fingerprint density at radius 1 is 1.55 bits per heavy atom. The molecule has 1 N–H and O–H groups in total. The van der Waals surface area contributed by atoms with E-state index in [-0.39, 0.29) is 29.6 Å². The molecular formula is C6H5N2NaO2. The van der Waals surface area contributed by atoms with E-state index in [1.165, 1.54) is 0 Å². The van der Waals surface area contributed by atoms with E-state index in [1.807, 2.05) is 0 Å². The molecule has 2 aromatic rings. The van der Waals surface area contributed by atoms with Crippen molar-refractivity contribution in [1.82, 2.24) is 9.97 Å². The van der Waals surface area contributed by atoms with Gasteiger partial charge in [-0.2, -0.15) is 0 Å². The predicted octanol–water partition coefficient (Wildman–Crippen LogP) is -0.132. The molecule has 0 saturated carbocycles. The summed E-state index contributed by atoms with van der Waals surface area (Å²) in [5.74, 6) is -0.464. The number of aromatic nitrogens is 2. The van der Waals surface area contributed by atoms with Gasteiger partial charge in [-0.3, -0.25) is 4.98 Å². The second kappa shape index (κ2) is 3.21. The second-order valence-electron chi connectivity index (χ2n) is 1.86. The first kappa shape index (κ1) is 8.52. The third-order valence-electron chi connectivity index (χ3n) is 1.19. The van der Waals surface area contributed by atoms with Gasteiger partial charge < -0.3 is 4.42 Å². The molecule has 0 spiro atoms. The number of rotatable bonds is 0. The Labute approximate surface area is 83.9 Å². The number of hydrogen-bond donors (Lipinski definition) is 1. The summed E-state index contributed by atoms with van der Waals surface area (Å²) in [6, 6.07) is 3.39. The van der Waals surface area contributed by atoms with Crippen molar-refractivity contribution in [3.63, 3.8) is 0 Å². The summed E-state index contributed by atoms with van der Waals surface area (Å²) in [6.07, 6.45) is 1.59. The van der Waals surface area contributed by atoms with Gasteiger partial charge in [-0.1, -0.05) is 0 Å². The first-order valence-corrected chi connectivity index (χ1v) is 2.80. The van der Waals surface area contributed by atoms with Crippen LogP contribution in [0.5, 0.6) is 0 Å². The number of nitrogens with zero attached hydrogens (tertiary/aromatic N) is 1. The van der Waals surface area contributed by atoms with Crippen LogP contribution in [0.4, 0.5) is 0 Å². The van der Waals surface area contributed by atoms with E-state index in [0.29, 0.717) is 11.2 Å². The van der Waals surface area contributed by atoms with Crippen molar-refractivity contribution in [2.45, 2.75) is 0 Å². The number of hydrogen-bond acceptors (Lipinski definition) is 3. The normalized spacial score (nSPS) is 9.45. The molecule has 0 unspecified atom stereocenters. The van der Waals surface area contributed by atoms with Gasteiger partial charge in [0.25, 0.3) is 0 Å². The van der Waals surface area contributed by atoms with Crippen LogP contribution >= 0.6 is 0 Å². The summed E-state index contributed by atoms with van der Waals surface area (Å²) in [5.41, 5.74) is 0.986. The number of pyridine rings is 1. The number of H-pyrrole nitrogens is 1. The van der Waals surface area contributed by atoms with Crippen molar-refractivity contribution in [3.05, 3.63) is 28.9 Å². The molecule has 52 valence electrons. The van der Waals surface area contributed by atoms with Gasteiger partial charge in [0, 0.05) is 6.20 Å². The van der Waals surface area contributed by atoms with Gasteiger partial charge in [0.2, 0.25) is 0 Å². The Hall–Kier alpha value is -0.580. The quantitative estimate of drug-likeness (QED) is 0.546. The average Bonchev–Trinajstić information content (AvgIpc) is 2.27. The molecule has 0 atom stereocenters. The van der Waals surface area contributed by atoms with Gasteiger partial charge in [0.15, 0.2) is 11.2 Å². The number of nitrogens with one attached hydrogen (secondary N) is 1. The van der Waals surface area contributed by atoms with E-state index in [9.17, 15) is 4.79 Å². The molecular weight excluding hydrogens is 155 g/mol. The van der Waals surface area contributed by atoms with Crippen LogP contribution in [0.2, 0.25) is 0 Å². The fraction of sp³-hybridized carbons (Fsp3) is 0. The maximum atomic E-state index is 10.5. The average molecular weight is 160 g/mol. The fourth-order valence-electron chi connectivity index (χ4n) is 0.789. The van der Waals surface area contributed by atoms with Crippen LogP contribution in [0.1, 0.15) is 0 Å².